The van der Waals surface area contributed by atoms with E-state index in [0.29, 0.717) is 0 Å². The van der Waals surface area contributed by atoms with Crippen LogP contribution in [0.5, 0.6) is 0 Å². The van der Waals surface area contributed by atoms with Gasteiger partial charge >= 0.3 is 0 Å². The van der Waals surface area contributed by atoms with Gasteiger partial charge in [-0.25, -0.2) is 0 Å². The van der Waals surface area contributed by atoms with Crippen molar-refractivity contribution in [3.63, 3.8) is 0 Å². The second-order valence-electron chi connectivity index (χ2n) is 4.14. The van der Waals surface area contributed by atoms with Crippen molar-refractivity contribution >= 4 is 22.1 Å². The van der Waals surface area contributed by atoms with Crippen LogP contribution in [0.2, 0.25) is 0 Å². The fraction of sp³-hybridized carbons (Fsp3) is 0.545. The summed E-state index contributed by atoms with van der Waals surface area (Å²) < 4.78 is 0. The van der Waals surface area contributed by atoms with Crippen LogP contribution >= 0.6 is 11.3 Å². The monoisotopic (exact) mass is 225 g/mol. The Morgan fingerprint density at radius 2 is 2.07 bits per heavy atom. The second-order valence-corrected chi connectivity index (χ2v) is 5.20. The van der Waals surface area contributed by atoms with Crippen molar-refractivity contribution in [3.8, 4) is 0 Å². The predicted molar refractivity (Wildman–Crippen MR) is 63.2 cm³/mol. The van der Waals surface area contributed by atoms with Crippen molar-refractivity contribution < 1.29 is 9.69 Å². The molecule has 15 heavy (non-hydrogen) atoms. The smallest absolute Gasteiger partial charge is 0.169 e. The van der Waals surface area contributed by atoms with E-state index in [1.54, 1.807) is 23.2 Å². The lowest BCUT2D eigenvalue weighted by Gasteiger charge is -2.30. The molecule has 1 fully saturated rings. The minimum atomic E-state index is 0.172. The highest BCUT2D eigenvalue weighted by Crippen LogP contribution is 2.26. The topological polar surface area (TPSA) is 24.8 Å². The molecule has 1 saturated heterocycles. The van der Waals surface area contributed by atoms with Crippen LogP contribution in [-0.2, 0) is 0 Å². The van der Waals surface area contributed by atoms with E-state index in [1.807, 2.05) is 6.07 Å². The van der Waals surface area contributed by atoms with Crippen molar-refractivity contribution in [2.24, 2.45) is 0 Å². The van der Waals surface area contributed by atoms with Crippen molar-refractivity contribution in [2.45, 2.75) is 6.92 Å². The molecule has 2 heterocycles. The number of likely N-dealkylation sites (N-methyl/N-ethyl adjacent to an activating group) is 1. The molecule has 0 spiro atoms. The molecule has 1 aliphatic rings. The van der Waals surface area contributed by atoms with Crippen LogP contribution in [0, 0.1) is 0 Å². The standard InChI is InChI=1S/C11H16N2OS/c1-9(14)10-3-4-11(15-10)13-7-5-12(2)6-8-13/h3-4H,5-8H2,1-2H3/p+1. The zero-order valence-electron chi connectivity index (χ0n) is 9.25. The Hall–Kier alpha value is -0.870. The zero-order valence-corrected chi connectivity index (χ0v) is 10.1. The normalized spacial score (nSPS) is 18.1. The highest BCUT2D eigenvalue weighted by Gasteiger charge is 2.18. The van der Waals surface area contributed by atoms with E-state index in [9.17, 15) is 4.79 Å². The third kappa shape index (κ3) is 2.38. The number of rotatable bonds is 2. The molecule has 1 aromatic heterocycles. The molecule has 2 rings (SSSR count). The van der Waals surface area contributed by atoms with Crippen LogP contribution in [0.1, 0.15) is 16.6 Å². The fourth-order valence-electron chi connectivity index (χ4n) is 1.80. The first-order valence-electron chi connectivity index (χ1n) is 5.34. The van der Waals surface area contributed by atoms with Crippen LogP contribution in [0.15, 0.2) is 12.1 Å². The van der Waals surface area contributed by atoms with E-state index < -0.39 is 0 Å². The average Bonchev–Trinajstić information content (AvgIpc) is 2.68. The third-order valence-corrected chi connectivity index (χ3v) is 4.11. The maximum absolute atomic E-state index is 11.2. The number of thiophene rings is 1. The van der Waals surface area contributed by atoms with E-state index in [2.05, 4.69) is 18.0 Å². The Morgan fingerprint density at radius 3 is 2.60 bits per heavy atom. The van der Waals surface area contributed by atoms with E-state index in [0.717, 1.165) is 18.0 Å². The summed E-state index contributed by atoms with van der Waals surface area (Å²) in [5.41, 5.74) is 0. The number of piperazine rings is 1. The maximum Gasteiger partial charge on any atom is 0.169 e. The molecule has 82 valence electrons. The number of nitrogens with zero attached hydrogens (tertiary/aromatic N) is 1. The van der Waals surface area contributed by atoms with Gasteiger partial charge in [-0.3, -0.25) is 4.79 Å². The number of anilines is 1. The van der Waals surface area contributed by atoms with Gasteiger partial charge in [0.1, 0.15) is 0 Å². The van der Waals surface area contributed by atoms with Crippen molar-refractivity contribution in [3.05, 3.63) is 17.0 Å². The van der Waals surface area contributed by atoms with E-state index in [1.165, 1.54) is 18.1 Å². The number of hydrogen-bond acceptors (Lipinski definition) is 3. The Bertz CT molecular complexity index is 353. The highest BCUT2D eigenvalue weighted by atomic mass is 32.1. The number of quaternary nitrogens is 1. The van der Waals surface area contributed by atoms with Crippen molar-refractivity contribution in [1.82, 2.24) is 0 Å². The van der Waals surface area contributed by atoms with Gasteiger partial charge in [-0.05, 0) is 19.1 Å². The van der Waals surface area contributed by atoms with Gasteiger partial charge < -0.3 is 9.80 Å². The van der Waals surface area contributed by atoms with Crippen LogP contribution in [0.25, 0.3) is 0 Å². The third-order valence-electron chi connectivity index (χ3n) is 2.87. The molecule has 0 aliphatic carbocycles. The van der Waals surface area contributed by atoms with Gasteiger partial charge in [0.05, 0.1) is 43.1 Å². The van der Waals surface area contributed by atoms with Gasteiger partial charge in [-0.1, -0.05) is 0 Å². The minimum Gasteiger partial charge on any atom is -0.352 e. The molecule has 4 heteroatoms. The molecule has 3 nitrogen and oxygen atoms in total. The minimum absolute atomic E-state index is 0.172. The summed E-state index contributed by atoms with van der Waals surface area (Å²) in [4.78, 5) is 16.0. The summed E-state index contributed by atoms with van der Waals surface area (Å²) in [6, 6.07) is 4.01. The number of Topliss-reactive ketones (excluding diaryl/α,β-unsaturated/α-hetero) is 1. The molecule has 0 aromatic carbocycles. The number of ketones is 1. The summed E-state index contributed by atoms with van der Waals surface area (Å²) in [6.45, 7) is 6.21. The average molecular weight is 225 g/mol. The Balaban J connectivity index is 2.06. The summed E-state index contributed by atoms with van der Waals surface area (Å²) >= 11 is 1.62. The fourth-order valence-corrected chi connectivity index (χ4v) is 2.75. The van der Waals surface area contributed by atoms with Crippen LogP contribution in [-0.4, -0.2) is 39.0 Å². The molecule has 1 aliphatic heterocycles. The molecule has 0 unspecified atom stereocenters. The number of hydrogen-bond donors (Lipinski definition) is 1. The number of carbonyl (C=O) groups excluding carboxylic acids is 1. The lowest BCUT2D eigenvalue weighted by Crippen LogP contribution is -3.12. The Kier molecular flexibility index (Phi) is 3.07. The summed E-state index contributed by atoms with van der Waals surface area (Å²) in [7, 11) is 2.23. The van der Waals surface area contributed by atoms with Gasteiger partial charge in [0, 0.05) is 0 Å². The largest absolute Gasteiger partial charge is 0.352 e. The molecule has 0 bridgehead atoms. The Labute approximate surface area is 94.3 Å². The lowest BCUT2D eigenvalue weighted by atomic mass is 10.3. The number of carbonyl (C=O) groups is 1. The molecule has 0 atom stereocenters. The maximum atomic E-state index is 11.2. The van der Waals surface area contributed by atoms with E-state index >= 15 is 0 Å². The van der Waals surface area contributed by atoms with Gasteiger partial charge in [-0.15, -0.1) is 11.3 Å². The molecule has 0 saturated carbocycles. The van der Waals surface area contributed by atoms with Gasteiger partial charge in [0.25, 0.3) is 0 Å². The van der Waals surface area contributed by atoms with Crippen LogP contribution in [0.4, 0.5) is 5.00 Å². The number of nitrogens with one attached hydrogen (secondary N) is 1. The second kappa shape index (κ2) is 4.33. The SMILES string of the molecule is CC(=O)c1ccc(N2CC[NH+](C)CC2)s1. The van der Waals surface area contributed by atoms with Crippen molar-refractivity contribution in [1.29, 1.82) is 0 Å². The van der Waals surface area contributed by atoms with Crippen LogP contribution < -0.4 is 9.80 Å². The van der Waals surface area contributed by atoms with Crippen molar-refractivity contribution in [2.75, 3.05) is 38.1 Å². The Morgan fingerprint density at radius 1 is 1.40 bits per heavy atom. The summed E-state index contributed by atoms with van der Waals surface area (Å²) in [5.74, 6) is 0.172. The predicted octanol–water partition coefficient (Wildman–Crippen LogP) is 0.285. The highest BCUT2D eigenvalue weighted by molar-refractivity contribution is 7.18. The quantitative estimate of drug-likeness (QED) is 0.732. The molecule has 1 aromatic rings. The zero-order chi connectivity index (χ0) is 10.8. The van der Waals surface area contributed by atoms with Gasteiger partial charge in [-0.2, -0.15) is 0 Å². The van der Waals surface area contributed by atoms with Gasteiger partial charge in [0.2, 0.25) is 0 Å². The lowest BCUT2D eigenvalue weighted by molar-refractivity contribution is -0.880. The molecule has 0 amide bonds. The van der Waals surface area contributed by atoms with E-state index in [-0.39, 0.29) is 5.78 Å². The molecule has 0 radical (unpaired) electrons. The first-order chi connectivity index (χ1) is 7.16. The summed E-state index contributed by atoms with van der Waals surface area (Å²) in [5, 5.41) is 1.24. The van der Waals surface area contributed by atoms with Gasteiger partial charge in [0.15, 0.2) is 5.78 Å². The first kappa shape index (κ1) is 10.6. The van der Waals surface area contributed by atoms with Crippen LogP contribution in [0.3, 0.4) is 0 Å². The molecular weight excluding hydrogens is 208 g/mol. The first-order valence-corrected chi connectivity index (χ1v) is 6.15. The van der Waals surface area contributed by atoms with E-state index in [4.69, 9.17) is 0 Å². The molecule has 1 N–H and O–H groups in total. The summed E-state index contributed by atoms with van der Waals surface area (Å²) in [6.07, 6.45) is 0. The molecular formula is C11H17N2OS+.